The third-order valence-corrected chi connectivity index (χ3v) is 2.95. The van der Waals surface area contributed by atoms with Crippen LogP contribution in [0.4, 0.5) is 0 Å². The van der Waals surface area contributed by atoms with Crippen molar-refractivity contribution >= 4 is 0 Å². The van der Waals surface area contributed by atoms with E-state index in [1.807, 2.05) is 0 Å². The number of aliphatic hydroxyl groups excluding tert-OH is 1. The second-order valence-electron chi connectivity index (χ2n) is 4.56. The lowest BCUT2D eigenvalue weighted by Crippen LogP contribution is -2.31. The van der Waals surface area contributed by atoms with E-state index in [-0.39, 0.29) is 12.6 Å². The number of aliphatic hydroxyl groups is 1. The fourth-order valence-electron chi connectivity index (χ4n) is 1.62. The van der Waals surface area contributed by atoms with Gasteiger partial charge in [0.1, 0.15) is 0 Å². The molecule has 0 spiro atoms. The van der Waals surface area contributed by atoms with Crippen molar-refractivity contribution in [3.8, 4) is 0 Å². The lowest BCUT2D eigenvalue weighted by atomic mass is 10.0. The predicted molar refractivity (Wildman–Crippen MR) is 68.5 cm³/mol. The van der Waals surface area contributed by atoms with E-state index in [4.69, 9.17) is 5.11 Å². The maximum absolute atomic E-state index is 9.06. The highest BCUT2D eigenvalue weighted by Crippen LogP contribution is 2.14. The lowest BCUT2D eigenvalue weighted by molar-refractivity contribution is 0.238. The molecule has 0 saturated carbocycles. The van der Waals surface area contributed by atoms with E-state index < -0.39 is 0 Å². The molecule has 16 heavy (non-hydrogen) atoms. The molecule has 0 bridgehead atoms. The summed E-state index contributed by atoms with van der Waals surface area (Å²) >= 11 is 0. The van der Waals surface area contributed by atoms with Crippen molar-refractivity contribution in [1.29, 1.82) is 0 Å². The molecular weight excluding hydrogens is 198 g/mol. The van der Waals surface area contributed by atoms with Crippen LogP contribution in [0.2, 0.25) is 0 Å². The van der Waals surface area contributed by atoms with Gasteiger partial charge >= 0.3 is 0 Å². The van der Waals surface area contributed by atoms with Crippen molar-refractivity contribution in [2.45, 2.75) is 45.7 Å². The van der Waals surface area contributed by atoms with E-state index >= 15 is 0 Å². The van der Waals surface area contributed by atoms with Gasteiger partial charge in [0.2, 0.25) is 0 Å². The molecule has 0 aromatic heterocycles. The Hall–Kier alpha value is -0.860. The summed E-state index contributed by atoms with van der Waals surface area (Å²) < 4.78 is 0. The Morgan fingerprint density at radius 2 is 1.81 bits per heavy atom. The van der Waals surface area contributed by atoms with Crippen LogP contribution < -0.4 is 5.32 Å². The second-order valence-corrected chi connectivity index (χ2v) is 4.56. The van der Waals surface area contributed by atoms with E-state index in [1.165, 1.54) is 11.1 Å². The van der Waals surface area contributed by atoms with Crippen LogP contribution in [0.25, 0.3) is 0 Å². The summed E-state index contributed by atoms with van der Waals surface area (Å²) in [4.78, 5) is 0. The Labute approximate surface area is 98.7 Å². The van der Waals surface area contributed by atoms with E-state index in [0.29, 0.717) is 5.92 Å². The largest absolute Gasteiger partial charge is 0.395 e. The van der Waals surface area contributed by atoms with Crippen LogP contribution in [0.5, 0.6) is 0 Å². The highest BCUT2D eigenvalue weighted by molar-refractivity contribution is 5.24. The number of hydrogen-bond acceptors (Lipinski definition) is 2. The van der Waals surface area contributed by atoms with Crippen LogP contribution in [0.15, 0.2) is 24.3 Å². The minimum absolute atomic E-state index is 0.209. The van der Waals surface area contributed by atoms with Gasteiger partial charge in [-0.3, -0.25) is 0 Å². The maximum atomic E-state index is 9.06. The average Bonchev–Trinajstić information content (AvgIpc) is 2.31. The maximum Gasteiger partial charge on any atom is 0.0584 e. The molecular formula is C14H23NO. The normalized spacial score (nSPS) is 13.1. The zero-order valence-electron chi connectivity index (χ0n) is 10.5. The Morgan fingerprint density at radius 3 is 2.25 bits per heavy atom. The van der Waals surface area contributed by atoms with Gasteiger partial charge in [-0.2, -0.15) is 0 Å². The van der Waals surface area contributed by atoms with Crippen molar-refractivity contribution in [1.82, 2.24) is 5.32 Å². The molecule has 0 radical (unpaired) electrons. The SMILES string of the molecule is CCC(CO)NCc1ccc(C(C)C)cc1. The third kappa shape index (κ3) is 3.95. The van der Waals surface area contributed by atoms with Crippen LogP contribution in [-0.4, -0.2) is 17.8 Å². The molecule has 2 nitrogen and oxygen atoms in total. The van der Waals surface area contributed by atoms with Gasteiger partial charge in [0.05, 0.1) is 6.61 Å². The molecule has 0 saturated heterocycles. The Morgan fingerprint density at radius 1 is 1.19 bits per heavy atom. The number of nitrogens with one attached hydrogen (secondary N) is 1. The molecule has 0 amide bonds. The molecule has 90 valence electrons. The smallest absolute Gasteiger partial charge is 0.0584 e. The summed E-state index contributed by atoms with van der Waals surface area (Å²) in [7, 11) is 0. The molecule has 0 fully saturated rings. The van der Waals surface area contributed by atoms with E-state index in [1.54, 1.807) is 0 Å². The first-order chi connectivity index (χ1) is 7.67. The molecule has 2 N–H and O–H groups in total. The van der Waals surface area contributed by atoms with Crippen molar-refractivity contribution in [3.63, 3.8) is 0 Å². The summed E-state index contributed by atoms with van der Waals surface area (Å²) in [6.07, 6.45) is 0.959. The van der Waals surface area contributed by atoms with Gasteiger partial charge < -0.3 is 10.4 Å². The Kier molecular flexibility index (Phi) is 5.50. The highest BCUT2D eigenvalue weighted by Gasteiger charge is 2.03. The topological polar surface area (TPSA) is 32.3 Å². The molecule has 1 atom stereocenters. The summed E-state index contributed by atoms with van der Waals surface area (Å²) in [5.74, 6) is 0.586. The summed E-state index contributed by atoms with van der Waals surface area (Å²) in [6.45, 7) is 7.52. The molecule has 2 heteroatoms. The lowest BCUT2D eigenvalue weighted by Gasteiger charge is -2.14. The highest BCUT2D eigenvalue weighted by atomic mass is 16.3. The molecule has 0 aliphatic carbocycles. The van der Waals surface area contributed by atoms with Crippen LogP contribution in [0.1, 0.15) is 44.2 Å². The summed E-state index contributed by atoms with van der Waals surface area (Å²) in [6, 6.07) is 8.90. The zero-order chi connectivity index (χ0) is 12.0. The van der Waals surface area contributed by atoms with Crippen molar-refractivity contribution in [3.05, 3.63) is 35.4 Å². The van der Waals surface area contributed by atoms with Gasteiger partial charge in [0.25, 0.3) is 0 Å². The molecule has 1 unspecified atom stereocenters. The fraction of sp³-hybridized carbons (Fsp3) is 0.571. The van der Waals surface area contributed by atoms with Gasteiger partial charge in [-0.25, -0.2) is 0 Å². The minimum atomic E-state index is 0.209. The molecule has 0 aliphatic rings. The molecule has 0 heterocycles. The van der Waals surface area contributed by atoms with E-state index in [9.17, 15) is 0 Å². The first-order valence-corrected chi connectivity index (χ1v) is 6.10. The van der Waals surface area contributed by atoms with Crippen molar-refractivity contribution in [2.75, 3.05) is 6.61 Å². The summed E-state index contributed by atoms with van der Waals surface area (Å²) in [5.41, 5.74) is 2.65. The average molecular weight is 221 g/mol. The summed E-state index contributed by atoms with van der Waals surface area (Å²) in [5, 5.41) is 12.4. The predicted octanol–water partition coefficient (Wildman–Crippen LogP) is 2.67. The van der Waals surface area contributed by atoms with Gasteiger partial charge in [-0.05, 0) is 23.5 Å². The van der Waals surface area contributed by atoms with Gasteiger partial charge in [0.15, 0.2) is 0 Å². The second kappa shape index (κ2) is 6.66. The molecule has 1 aromatic carbocycles. The zero-order valence-corrected chi connectivity index (χ0v) is 10.5. The van der Waals surface area contributed by atoms with Crippen LogP contribution in [0.3, 0.4) is 0 Å². The number of rotatable bonds is 6. The van der Waals surface area contributed by atoms with Crippen molar-refractivity contribution < 1.29 is 5.11 Å². The van der Waals surface area contributed by atoms with Crippen LogP contribution >= 0.6 is 0 Å². The Balaban J connectivity index is 2.49. The Bertz CT molecular complexity index is 288. The van der Waals surface area contributed by atoms with Crippen LogP contribution in [-0.2, 0) is 6.54 Å². The fourth-order valence-corrected chi connectivity index (χ4v) is 1.62. The molecule has 1 aromatic rings. The minimum Gasteiger partial charge on any atom is -0.395 e. The van der Waals surface area contributed by atoms with Gasteiger partial charge in [-0.1, -0.05) is 45.0 Å². The van der Waals surface area contributed by atoms with E-state index in [2.05, 4.69) is 50.4 Å². The standard InChI is InChI=1S/C14H23NO/c1-4-14(10-16)15-9-12-5-7-13(8-6-12)11(2)3/h5-8,11,14-16H,4,9-10H2,1-3H3. The third-order valence-electron chi connectivity index (χ3n) is 2.95. The first-order valence-electron chi connectivity index (χ1n) is 6.10. The molecule has 1 rings (SSSR count). The molecule has 0 aliphatic heterocycles. The monoisotopic (exact) mass is 221 g/mol. The van der Waals surface area contributed by atoms with Gasteiger partial charge in [0, 0.05) is 12.6 Å². The number of benzene rings is 1. The quantitative estimate of drug-likeness (QED) is 0.774. The van der Waals surface area contributed by atoms with Crippen LogP contribution in [0, 0.1) is 0 Å². The van der Waals surface area contributed by atoms with Gasteiger partial charge in [-0.15, -0.1) is 0 Å². The number of hydrogen-bond donors (Lipinski definition) is 2. The van der Waals surface area contributed by atoms with E-state index in [0.717, 1.165) is 13.0 Å². The van der Waals surface area contributed by atoms with Crippen molar-refractivity contribution in [2.24, 2.45) is 0 Å². The first kappa shape index (κ1) is 13.2.